The van der Waals surface area contributed by atoms with Crippen molar-refractivity contribution in [3.05, 3.63) is 52.9 Å². The highest BCUT2D eigenvalue weighted by atomic mass is 32.1. The Morgan fingerprint density at radius 3 is 2.35 bits per heavy atom. The van der Waals surface area contributed by atoms with Gasteiger partial charge in [0, 0.05) is 18.0 Å². The average molecular weight is 542 g/mol. The maximum Gasteiger partial charge on any atom is 0.471 e. The molecule has 0 unspecified atom stereocenters. The Morgan fingerprint density at radius 2 is 1.70 bits per heavy atom. The van der Waals surface area contributed by atoms with Crippen molar-refractivity contribution in [3.8, 4) is 10.7 Å². The summed E-state index contributed by atoms with van der Waals surface area (Å²) in [5, 5.41) is 19.2. The lowest BCUT2D eigenvalue weighted by molar-refractivity contribution is -0.159. The minimum atomic E-state index is -4.79. The van der Waals surface area contributed by atoms with Crippen molar-refractivity contribution in [1.82, 2.24) is 30.5 Å². The lowest BCUT2D eigenvalue weighted by atomic mass is 10.2. The maximum atomic E-state index is 13.3. The highest BCUT2D eigenvalue weighted by Gasteiger charge is 2.38. The molecule has 1 aliphatic heterocycles. The van der Waals surface area contributed by atoms with Crippen LogP contribution in [0.4, 0.5) is 43.8 Å². The zero-order valence-corrected chi connectivity index (χ0v) is 19.5. The van der Waals surface area contributed by atoms with Gasteiger partial charge in [0.2, 0.25) is 5.82 Å². The molecule has 16 heteroatoms. The first-order valence-electron chi connectivity index (χ1n) is 10.8. The van der Waals surface area contributed by atoms with Gasteiger partial charge in [0.05, 0.1) is 23.2 Å². The van der Waals surface area contributed by atoms with Crippen molar-refractivity contribution >= 4 is 28.8 Å². The lowest BCUT2D eigenvalue weighted by Crippen LogP contribution is -2.22. The molecular formula is C21H16F6N8OS. The van der Waals surface area contributed by atoms with Gasteiger partial charge in [-0.05, 0) is 43.2 Å². The average Bonchev–Trinajstić information content (AvgIpc) is 3.64. The third kappa shape index (κ3) is 5.47. The van der Waals surface area contributed by atoms with Crippen LogP contribution in [0, 0.1) is 0 Å². The molecule has 37 heavy (non-hydrogen) atoms. The van der Waals surface area contributed by atoms with E-state index in [9.17, 15) is 26.3 Å². The second kappa shape index (κ2) is 9.57. The predicted octanol–water partition coefficient (Wildman–Crippen LogP) is 5.35. The molecule has 1 aliphatic rings. The van der Waals surface area contributed by atoms with E-state index in [1.807, 2.05) is 0 Å². The van der Waals surface area contributed by atoms with Crippen molar-refractivity contribution < 1.29 is 30.9 Å². The van der Waals surface area contributed by atoms with E-state index in [0.29, 0.717) is 16.9 Å². The number of hydrogen-bond acceptors (Lipinski definition) is 10. The first kappa shape index (κ1) is 24.9. The van der Waals surface area contributed by atoms with E-state index in [1.54, 1.807) is 18.2 Å². The number of nitrogens with zero attached hydrogens (tertiary/aromatic N) is 8. The van der Waals surface area contributed by atoms with Gasteiger partial charge in [0.15, 0.2) is 17.5 Å². The lowest BCUT2D eigenvalue weighted by Gasteiger charge is -2.23. The van der Waals surface area contributed by atoms with Gasteiger partial charge in [-0.1, -0.05) is 5.16 Å². The summed E-state index contributed by atoms with van der Waals surface area (Å²) >= 11 is 1.04. The van der Waals surface area contributed by atoms with Gasteiger partial charge >= 0.3 is 18.2 Å². The van der Waals surface area contributed by atoms with E-state index >= 15 is 0 Å². The highest BCUT2D eigenvalue weighted by molar-refractivity contribution is 7.15. The molecular weight excluding hydrogens is 526 g/mol. The maximum absolute atomic E-state index is 13.3. The molecule has 1 fully saturated rings. The molecule has 0 amide bonds. The van der Waals surface area contributed by atoms with Crippen LogP contribution in [-0.2, 0) is 18.9 Å². The molecule has 5 rings (SSSR count). The van der Waals surface area contributed by atoms with E-state index in [1.165, 1.54) is 11.0 Å². The number of rotatable bonds is 6. The van der Waals surface area contributed by atoms with E-state index in [0.717, 1.165) is 43.3 Å². The standard InChI is InChI=1S/C21H16F6N8OS/c22-20(23,24)12-9-17(30-28-10-12)35(16-6-5-15(31-32-16)34-7-1-2-8-34)11-13-3-4-14(37-13)18-29-19(36-33-18)21(25,26)27/h3-6,9-10H,1-2,7-8,11H2. The van der Waals surface area contributed by atoms with Gasteiger partial charge in [-0.2, -0.15) is 36.4 Å². The summed E-state index contributed by atoms with van der Waals surface area (Å²) in [7, 11) is 0. The zero-order valence-electron chi connectivity index (χ0n) is 18.7. The fraction of sp³-hybridized carbons (Fsp3) is 0.333. The first-order chi connectivity index (χ1) is 17.6. The highest BCUT2D eigenvalue weighted by Crippen LogP contribution is 2.35. The van der Waals surface area contributed by atoms with Crippen LogP contribution in [0.3, 0.4) is 0 Å². The summed E-state index contributed by atoms with van der Waals surface area (Å²) in [6.07, 6.45) is -6.76. The molecule has 0 radical (unpaired) electrons. The molecule has 5 heterocycles. The number of anilines is 3. The summed E-state index contributed by atoms with van der Waals surface area (Å²) in [6, 6.07) is 7.25. The number of hydrogen-bond donors (Lipinski definition) is 0. The molecule has 4 aromatic rings. The van der Waals surface area contributed by atoms with E-state index < -0.39 is 23.8 Å². The monoisotopic (exact) mass is 542 g/mol. The molecule has 0 aromatic carbocycles. The Bertz CT molecular complexity index is 1360. The Kier molecular flexibility index (Phi) is 6.43. The van der Waals surface area contributed by atoms with Crippen LogP contribution in [-0.4, -0.2) is 43.6 Å². The van der Waals surface area contributed by atoms with Crippen LogP contribution in [0.1, 0.15) is 29.2 Å². The van der Waals surface area contributed by atoms with Crippen molar-refractivity contribution in [2.75, 3.05) is 22.9 Å². The van der Waals surface area contributed by atoms with Crippen LogP contribution in [0.2, 0.25) is 0 Å². The third-order valence-electron chi connectivity index (χ3n) is 5.45. The normalized spacial score (nSPS) is 14.4. The van der Waals surface area contributed by atoms with Gasteiger partial charge in [-0.15, -0.1) is 26.6 Å². The van der Waals surface area contributed by atoms with Crippen LogP contribution < -0.4 is 9.80 Å². The minimum Gasteiger partial charge on any atom is -0.355 e. The molecule has 0 atom stereocenters. The molecule has 1 saturated heterocycles. The van der Waals surface area contributed by atoms with E-state index in [2.05, 4.69) is 40.0 Å². The van der Waals surface area contributed by atoms with Crippen molar-refractivity contribution in [1.29, 1.82) is 0 Å². The van der Waals surface area contributed by atoms with Gasteiger partial charge in [-0.3, -0.25) is 0 Å². The summed E-state index contributed by atoms with van der Waals surface area (Å²) in [5.41, 5.74) is -0.998. The predicted molar refractivity (Wildman–Crippen MR) is 119 cm³/mol. The number of aromatic nitrogens is 6. The molecule has 0 spiro atoms. The molecule has 0 saturated carbocycles. The van der Waals surface area contributed by atoms with E-state index in [-0.39, 0.29) is 28.9 Å². The van der Waals surface area contributed by atoms with Gasteiger partial charge in [0.25, 0.3) is 0 Å². The fourth-order valence-electron chi connectivity index (χ4n) is 3.68. The third-order valence-corrected chi connectivity index (χ3v) is 6.52. The Hall–Kier alpha value is -3.82. The number of alkyl halides is 6. The summed E-state index contributed by atoms with van der Waals surface area (Å²) in [4.78, 5) is 7.63. The molecule has 194 valence electrons. The van der Waals surface area contributed by atoms with Gasteiger partial charge < -0.3 is 14.3 Å². The Morgan fingerprint density at radius 1 is 0.919 bits per heavy atom. The second-order valence-electron chi connectivity index (χ2n) is 8.02. The Balaban J connectivity index is 1.46. The van der Waals surface area contributed by atoms with E-state index in [4.69, 9.17) is 0 Å². The topological polar surface area (TPSA) is 97.0 Å². The summed E-state index contributed by atoms with van der Waals surface area (Å²) in [5.74, 6) is -1.01. The van der Waals surface area contributed by atoms with Crippen LogP contribution in [0.25, 0.3) is 10.7 Å². The zero-order chi connectivity index (χ0) is 26.2. The van der Waals surface area contributed by atoms with Crippen molar-refractivity contribution in [2.45, 2.75) is 31.7 Å². The number of thiophene rings is 1. The SMILES string of the molecule is FC(F)(F)c1cnnc(N(Cc2ccc(-c3noc(C(F)(F)F)n3)s2)c2ccc(N3CCCC3)nn2)c1. The van der Waals surface area contributed by atoms with Gasteiger partial charge in [-0.25, -0.2) is 0 Å². The number of halogens is 6. The summed E-state index contributed by atoms with van der Waals surface area (Å²) < 4.78 is 82.7. The minimum absolute atomic E-state index is 0.0254. The molecule has 0 bridgehead atoms. The second-order valence-corrected chi connectivity index (χ2v) is 9.19. The Labute approximate surface area is 208 Å². The van der Waals surface area contributed by atoms with Crippen molar-refractivity contribution in [3.63, 3.8) is 0 Å². The first-order valence-corrected chi connectivity index (χ1v) is 11.7. The van der Waals surface area contributed by atoms with Crippen LogP contribution in [0.5, 0.6) is 0 Å². The molecule has 9 nitrogen and oxygen atoms in total. The van der Waals surface area contributed by atoms with Crippen molar-refractivity contribution in [2.24, 2.45) is 0 Å². The fourth-order valence-corrected chi connectivity index (χ4v) is 4.60. The smallest absolute Gasteiger partial charge is 0.355 e. The summed E-state index contributed by atoms with van der Waals surface area (Å²) in [6.45, 7) is 1.64. The largest absolute Gasteiger partial charge is 0.471 e. The van der Waals surface area contributed by atoms with Gasteiger partial charge in [0.1, 0.15) is 0 Å². The molecule has 4 aromatic heterocycles. The molecule has 0 aliphatic carbocycles. The molecule has 0 N–H and O–H groups in total. The van der Waals surface area contributed by atoms with Crippen LogP contribution >= 0.6 is 11.3 Å². The van der Waals surface area contributed by atoms with Crippen LogP contribution in [0.15, 0.2) is 41.1 Å². The quantitative estimate of drug-likeness (QED) is 0.299.